The van der Waals surface area contributed by atoms with Crippen LogP contribution in [0.25, 0.3) is 0 Å². The highest BCUT2D eigenvalue weighted by Crippen LogP contribution is 2.28. The number of benzene rings is 1. The van der Waals surface area contributed by atoms with Crippen LogP contribution >= 0.6 is 23.4 Å². The lowest BCUT2D eigenvalue weighted by Gasteiger charge is -2.26. The SMILES string of the molecule is CC(C)(C)c1cc(=O)n2c(n1)SCC(C(=O)NCc1ccc(Cl)cc1)C2. The summed E-state index contributed by atoms with van der Waals surface area (Å²) in [5.74, 6) is 0.316. The Morgan fingerprint density at radius 2 is 2.04 bits per heavy atom. The number of nitrogens with zero attached hydrogens (tertiary/aromatic N) is 2. The lowest BCUT2D eigenvalue weighted by molar-refractivity contribution is -0.125. The zero-order valence-corrected chi connectivity index (χ0v) is 16.7. The predicted octanol–water partition coefficient (Wildman–Crippen LogP) is 3.23. The van der Waals surface area contributed by atoms with E-state index in [9.17, 15) is 9.59 Å². The number of amides is 1. The fraction of sp³-hybridized carbons (Fsp3) is 0.421. The van der Waals surface area contributed by atoms with Gasteiger partial charge in [0.25, 0.3) is 5.56 Å². The van der Waals surface area contributed by atoms with Gasteiger partial charge in [0.1, 0.15) is 0 Å². The first-order chi connectivity index (χ1) is 12.2. The molecule has 7 heteroatoms. The molecule has 0 radical (unpaired) electrons. The van der Waals surface area contributed by atoms with Crippen LogP contribution in [0.5, 0.6) is 0 Å². The largest absolute Gasteiger partial charge is 0.352 e. The summed E-state index contributed by atoms with van der Waals surface area (Å²) in [6.07, 6.45) is 0. The number of hydrogen-bond donors (Lipinski definition) is 1. The normalized spacial score (nSPS) is 16.8. The lowest BCUT2D eigenvalue weighted by atomic mass is 9.92. The number of hydrogen-bond acceptors (Lipinski definition) is 4. The Kier molecular flexibility index (Phi) is 5.44. The zero-order chi connectivity index (χ0) is 18.9. The Labute approximate surface area is 162 Å². The molecule has 0 saturated carbocycles. The van der Waals surface area contributed by atoms with E-state index in [1.165, 1.54) is 11.8 Å². The van der Waals surface area contributed by atoms with Gasteiger partial charge in [-0.3, -0.25) is 14.2 Å². The number of carbonyl (C=O) groups is 1. The maximum Gasteiger partial charge on any atom is 0.254 e. The molecule has 0 fully saturated rings. The first-order valence-electron chi connectivity index (χ1n) is 8.51. The number of carbonyl (C=O) groups excluding carboxylic acids is 1. The molecule has 0 saturated heterocycles. The molecule has 1 aliphatic rings. The average molecular weight is 392 g/mol. The molecule has 26 heavy (non-hydrogen) atoms. The maximum atomic E-state index is 12.5. The molecular formula is C19H22ClN3O2S. The molecule has 0 aliphatic carbocycles. The van der Waals surface area contributed by atoms with Crippen LogP contribution in [-0.2, 0) is 23.3 Å². The van der Waals surface area contributed by atoms with Gasteiger partial charge in [0.05, 0.1) is 11.6 Å². The summed E-state index contributed by atoms with van der Waals surface area (Å²) in [4.78, 5) is 29.6. The van der Waals surface area contributed by atoms with E-state index in [4.69, 9.17) is 11.6 Å². The van der Waals surface area contributed by atoms with Crippen LogP contribution < -0.4 is 10.9 Å². The summed E-state index contributed by atoms with van der Waals surface area (Å²) in [5.41, 5.74) is 1.50. The summed E-state index contributed by atoms with van der Waals surface area (Å²) in [5, 5.41) is 4.31. The van der Waals surface area contributed by atoms with Gasteiger partial charge in [0.2, 0.25) is 5.91 Å². The summed E-state index contributed by atoms with van der Waals surface area (Å²) >= 11 is 7.34. The van der Waals surface area contributed by atoms with E-state index in [0.29, 0.717) is 29.0 Å². The van der Waals surface area contributed by atoms with Crippen molar-refractivity contribution in [3.63, 3.8) is 0 Å². The van der Waals surface area contributed by atoms with Crippen molar-refractivity contribution in [1.82, 2.24) is 14.9 Å². The smallest absolute Gasteiger partial charge is 0.254 e. The number of aromatic nitrogens is 2. The first kappa shape index (κ1) is 19.0. The average Bonchev–Trinajstić information content (AvgIpc) is 2.60. The number of fused-ring (bicyclic) bond motifs is 1. The van der Waals surface area contributed by atoms with Gasteiger partial charge in [0, 0.05) is 35.3 Å². The Morgan fingerprint density at radius 3 is 2.69 bits per heavy atom. The molecule has 2 heterocycles. The molecule has 1 aromatic carbocycles. The van der Waals surface area contributed by atoms with Crippen LogP contribution in [-0.4, -0.2) is 21.2 Å². The minimum Gasteiger partial charge on any atom is -0.352 e. The van der Waals surface area contributed by atoms with E-state index in [2.05, 4.69) is 10.3 Å². The second-order valence-electron chi connectivity index (χ2n) is 7.47. The van der Waals surface area contributed by atoms with Gasteiger partial charge in [-0.1, -0.05) is 56.3 Å². The fourth-order valence-electron chi connectivity index (χ4n) is 2.69. The van der Waals surface area contributed by atoms with Crippen LogP contribution in [0.3, 0.4) is 0 Å². The van der Waals surface area contributed by atoms with Gasteiger partial charge < -0.3 is 5.32 Å². The molecule has 0 spiro atoms. The topological polar surface area (TPSA) is 64.0 Å². The van der Waals surface area contributed by atoms with E-state index in [1.807, 2.05) is 32.9 Å². The summed E-state index contributed by atoms with van der Waals surface area (Å²) in [6.45, 7) is 6.91. The van der Waals surface area contributed by atoms with Crippen LogP contribution in [0, 0.1) is 5.92 Å². The minimum atomic E-state index is -0.250. The Hall–Kier alpha value is -1.79. The van der Waals surface area contributed by atoms with Gasteiger partial charge in [0.15, 0.2) is 5.16 Å². The van der Waals surface area contributed by atoms with Gasteiger partial charge in [-0.25, -0.2) is 4.98 Å². The fourth-order valence-corrected chi connectivity index (χ4v) is 3.91. The standard InChI is InChI=1S/C19H22ClN3O2S/c1-19(2,3)15-8-16(24)23-10-13(11-26-18(23)22-15)17(25)21-9-12-4-6-14(20)7-5-12/h4-8,13H,9-11H2,1-3H3,(H,21,25). The van der Waals surface area contributed by atoms with Crippen molar-refractivity contribution < 1.29 is 4.79 Å². The molecule has 1 aromatic heterocycles. The molecular weight excluding hydrogens is 370 g/mol. The molecule has 1 aliphatic heterocycles. The third kappa shape index (κ3) is 4.30. The van der Waals surface area contributed by atoms with Crippen LogP contribution in [0.4, 0.5) is 0 Å². The van der Waals surface area contributed by atoms with Crippen molar-refractivity contribution in [2.45, 2.75) is 44.4 Å². The molecule has 1 amide bonds. The van der Waals surface area contributed by atoms with Gasteiger partial charge in [-0.15, -0.1) is 0 Å². The van der Waals surface area contributed by atoms with Gasteiger partial charge >= 0.3 is 0 Å². The number of nitrogens with one attached hydrogen (secondary N) is 1. The maximum absolute atomic E-state index is 12.5. The van der Waals surface area contributed by atoms with Crippen molar-refractivity contribution in [2.75, 3.05) is 5.75 Å². The quantitative estimate of drug-likeness (QED) is 0.816. The van der Waals surface area contributed by atoms with E-state index in [-0.39, 0.29) is 22.8 Å². The molecule has 3 rings (SSSR count). The minimum absolute atomic E-state index is 0.0510. The van der Waals surface area contributed by atoms with E-state index < -0.39 is 0 Å². The first-order valence-corrected chi connectivity index (χ1v) is 9.88. The van der Waals surface area contributed by atoms with E-state index in [1.54, 1.807) is 22.8 Å². The molecule has 1 N–H and O–H groups in total. The predicted molar refractivity (Wildman–Crippen MR) is 105 cm³/mol. The Morgan fingerprint density at radius 1 is 1.35 bits per heavy atom. The lowest BCUT2D eigenvalue weighted by Crippen LogP contribution is -2.40. The second kappa shape index (κ2) is 7.45. The monoisotopic (exact) mass is 391 g/mol. The van der Waals surface area contributed by atoms with Crippen molar-refractivity contribution in [1.29, 1.82) is 0 Å². The van der Waals surface area contributed by atoms with Crippen LogP contribution in [0.1, 0.15) is 32.0 Å². The summed E-state index contributed by atoms with van der Waals surface area (Å²) in [7, 11) is 0. The van der Waals surface area contributed by atoms with Gasteiger partial charge in [-0.05, 0) is 17.7 Å². The molecule has 2 aromatic rings. The third-order valence-electron chi connectivity index (χ3n) is 4.31. The number of halogens is 1. The van der Waals surface area contributed by atoms with Crippen molar-refractivity contribution in [3.05, 3.63) is 57.0 Å². The van der Waals surface area contributed by atoms with Crippen molar-refractivity contribution >= 4 is 29.3 Å². The van der Waals surface area contributed by atoms with Crippen LogP contribution in [0.2, 0.25) is 5.02 Å². The van der Waals surface area contributed by atoms with Gasteiger partial charge in [-0.2, -0.15) is 0 Å². The number of rotatable bonds is 3. The Bertz CT molecular complexity index is 872. The molecule has 1 atom stereocenters. The highest BCUT2D eigenvalue weighted by molar-refractivity contribution is 7.99. The molecule has 0 bridgehead atoms. The molecule has 1 unspecified atom stereocenters. The summed E-state index contributed by atoms with van der Waals surface area (Å²) in [6, 6.07) is 8.95. The highest BCUT2D eigenvalue weighted by Gasteiger charge is 2.28. The molecule has 138 valence electrons. The van der Waals surface area contributed by atoms with Crippen LogP contribution in [0.15, 0.2) is 40.3 Å². The summed E-state index contributed by atoms with van der Waals surface area (Å²) < 4.78 is 1.61. The van der Waals surface area contributed by atoms with E-state index >= 15 is 0 Å². The molecule has 5 nitrogen and oxygen atoms in total. The highest BCUT2D eigenvalue weighted by atomic mass is 35.5. The van der Waals surface area contributed by atoms with Crippen molar-refractivity contribution in [3.8, 4) is 0 Å². The number of thioether (sulfide) groups is 1. The van der Waals surface area contributed by atoms with Crippen molar-refractivity contribution in [2.24, 2.45) is 5.92 Å². The zero-order valence-electron chi connectivity index (χ0n) is 15.1. The second-order valence-corrected chi connectivity index (χ2v) is 8.90. The Balaban J connectivity index is 1.69. The third-order valence-corrected chi connectivity index (χ3v) is 5.70. The van der Waals surface area contributed by atoms with E-state index in [0.717, 1.165) is 11.3 Å².